The molecule has 3 nitrogen and oxygen atoms in total. The predicted molar refractivity (Wildman–Crippen MR) is 106 cm³/mol. The van der Waals surface area contributed by atoms with Gasteiger partial charge in [-0.3, -0.25) is 4.79 Å². The summed E-state index contributed by atoms with van der Waals surface area (Å²) >= 11 is 0. The summed E-state index contributed by atoms with van der Waals surface area (Å²) in [5.74, 6) is 0.157. The van der Waals surface area contributed by atoms with Crippen LogP contribution >= 0.6 is 0 Å². The molecule has 0 radical (unpaired) electrons. The fraction of sp³-hybridized carbons (Fsp3) is 0.348. The fourth-order valence-corrected chi connectivity index (χ4v) is 4.30. The van der Waals surface area contributed by atoms with Gasteiger partial charge in [0.2, 0.25) is 0 Å². The minimum absolute atomic E-state index is 0.157. The lowest BCUT2D eigenvalue weighted by atomic mass is 9.76. The number of hydrogen-bond donors (Lipinski definition) is 1. The maximum Gasteiger partial charge on any atom is 0.253 e. The normalized spacial score (nSPS) is 18.4. The van der Waals surface area contributed by atoms with Gasteiger partial charge in [-0.05, 0) is 59.9 Å². The minimum Gasteiger partial charge on any atom is -0.339 e. The number of piperidine rings is 1. The van der Waals surface area contributed by atoms with Crippen LogP contribution in [0.1, 0.15) is 41.6 Å². The average molecular weight is 346 g/mol. The van der Waals surface area contributed by atoms with E-state index in [-0.39, 0.29) is 5.91 Å². The van der Waals surface area contributed by atoms with Crippen molar-refractivity contribution in [2.45, 2.75) is 32.2 Å². The highest BCUT2D eigenvalue weighted by Crippen LogP contribution is 2.42. The summed E-state index contributed by atoms with van der Waals surface area (Å²) in [6.07, 6.45) is 9.21. The standard InChI is InChI=1S/C23H26N2O/c24-17-20-5-1-2-6-21(20)18-7-9-19(10-8-18)22(26)25-15-13-23(14-16-25)11-3-4-12-23/h1-10H,11-17,24H2. The summed E-state index contributed by atoms with van der Waals surface area (Å²) < 4.78 is 0. The SMILES string of the molecule is NCc1ccccc1-c1ccc(C(=O)N2CCC3(CC=CC3)CC2)cc1. The highest BCUT2D eigenvalue weighted by Gasteiger charge is 2.36. The number of benzene rings is 2. The third-order valence-corrected chi connectivity index (χ3v) is 6.06. The Balaban J connectivity index is 1.46. The number of nitrogens with two attached hydrogens (primary N) is 1. The second kappa shape index (κ2) is 7.08. The second-order valence-corrected chi connectivity index (χ2v) is 7.61. The maximum atomic E-state index is 12.9. The largest absolute Gasteiger partial charge is 0.339 e. The van der Waals surface area contributed by atoms with Crippen LogP contribution in [0.15, 0.2) is 60.7 Å². The smallest absolute Gasteiger partial charge is 0.253 e. The van der Waals surface area contributed by atoms with Crippen molar-refractivity contribution < 1.29 is 4.79 Å². The summed E-state index contributed by atoms with van der Waals surface area (Å²) in [6.45, 7) is 2.26. The number of rotatable bonds is 3. The lowest BCUT2D eigenvalue weighted by Crippen LogP contribution is -2.42. The molecule has 1 amide bonds. The van der Waals surface area contributed by atoms with Crippen molar-refractivity contribution in [2.75, 3.05) is 13.1 Å². The van der Waals surface area contributed by atoms with E-state index in [2.05, 4.69) is 24.3 Å². The minimum atomic E-state index is 0.157. The Labute approximate surface area is 155 Å². The molecule has 1 saturated heterocycles. The molecule has 1 heterocycles. The van der Waals surface area contributed by atoms with Gasteiger partial charge in [0.25, 0.3) is 5.91 Å². The molecule has 0 unspecified atom stereocenters. The summed E-state index contributed by atoms with van der Waals surface area (Å²) in [6, 6.07) is 16.1. The number of amides is 1. The van der Waals surface area contributed by atoms with Crippen molar-refractivity contribution in [2.24, 2.45) is 11.1 Å². The zero-order valence-electron chi connectivity index (χ0n) is 15.2. The van der Waals surface area contributed by atoms with Gasteiger partial charge in [0.05, 0.1) is 0 Å². The van der Waals surface area contributed by atoms with Crippen LogP contribution in [0.2, 0.25) is 0 Å². The molecule has 4 rings (SSSR count). The van der Waals surface area contributed by atoms with Crippen molar-refractivity contribution in [1.29, 1.82) is 0 Å². The Kier molecular flexibility index (Phi) is 4.64. The summed E-state index contributed by atoms with van der Waals surface area (Å²) in [5.41, 5.74) is 10.4. The van der Waals surface area contributed by atoms with Gasteiger partial charge in [-0.25, -0.2) is 0 Å². The highest BCUT2D eigenvalue weighted by atomic mass is 16.2. The molecule has 3 heteroatoms. The second-order valence-electron chi connectivity index (χ2n) is 7.61. The number of hydrogen-bond acceptors (Lipinski definition) is 2. The highest BCUT2D eigenvalue weighted by molar-refractivity contribution is 5.94. The Morgan fingerprint density at radius 3 is 2.27 bits per heavy atom. The molecule has 2 aromatic carbocycles. The van der Waals surface area contributed by atoms with E-state index >= 15 is 0 Å². The van der Waals surface area contributed by atoms with Crippen molar-refractivity contribution in [3.8, 4) is 11.1 Å². The van der Waals surface area contributed by atoms with Gasteiger partial charge in [0.1, 0.15) is 0 Å². The first-order valence-corrected chi connectivity index (χ1v) is 9.53. The van der Waals surface area contributed by atoms with Crippen LogP contribution in [0.4, 0.5) is 0 Å². The maximum absolute atomic E-state index is 12.9. The van der Waals surface area contributed by atoms with E-state index in [1.807, 2.05) is 41.3 Å². The fourth-order valence-electron chi connectivity index (χ4n) is 4.30. The molecular weight excluding hydrogens is 320 g/mol. The number of nitrogens with zero attached hydrogens (tertiary/aromatic N) is 1. The molecule has 1 spiro atoms. The Morgan fingerprint density at radius 2 is 1.62 bits per heavy atom. The quantitative estimate of drug-likeness (QED) is 0.838. The van der Waals surface area contributed by atoms with Crippen LogP contribution < -0.4 is 5.73 Å². The summed E-state index contributed by atoms with van der Waals surface area (Å²) in [7, 11) is 0. The summed E-state index contributed by atoms with van der Waals surface area (Å²) in [5, 5.41) is 0. The number of allylic oxidation sites excluding steroid dienone is 2. The first-order chi connectivity index (χ1) is 12.7. The van der Waals surface area contributed by atoms with Gasteiger partial charge in [0.15, 0.2) is 0 Å². The zero-order valence-corrected chi connectivity index (χ0v) is 15.2. The van der Waals surface area contributed by atoms with Crippen molar-refractivity contribution in [1.82, 2.24) is 4.90 Å². The molecular formula is C23H26N2O. The molecule has 0 bridgehead atoms. The van der Waals surface area contributed by atoms with Crippen LogP contribution in [0.5, 0.6) is 0 Å². The van der Waals surface area contributed by atoms with Crippen LogP contribution in [-0.2, 0) is 6.54 Å². The van der Waals surface area contributed by atoms with Gasteiger partial charge < -0.3 is 10.6 Å². The van der Waals surface area contributed by atoms with E-state index in [4.69, 9.17) is 5.73 Å². The Morgan fingerprint density at radius 1 is 0.962 bits per heavy atom. The van der Waals surface area contributed by atoms with E-state index in [9.17, 15) is 4.79 Å². The van der Waals surface area contributed by atoms with Crippen LogP contribution in [0, 0.1) is 5.41 Å². The van der Waals surface area contributed by atoms with Gasteiger partial charge >= 0.3 is 0 Å². The number of carbonyl (C=O) groups excluding carboxylic acids is 1. The van der Waals surface area contributed by atoms with Crippen LogP contribution in [0.25, 0.3) is 11.1 Å². The van der Waals surface area contributed by atoms with Crippen molar-refractivity contribution >= 4 is 5.91 Å². The number of likely N-dealkylation sites (tertiary alicyclic amines) is 1. The van der Waals surface area contributed by atoms with E-state index in [1.165, 1.54) is 12.8 Å². The molecule has 26 heavy (non-hydrogen) atoms. The molecule has 0 aromatic heterocycles. The lowest BCUT2D eigenvalue weighted by Gasteiger charge is -2.39. The third-order valence-electron chi connectivity index (χ3n) is 6.06. The molecule has 134 valence electrons. The zero-order chi connectivity index (χ0) is 18.0. The summed E-state index contributed by atoms with van der Waals surface area (Å²) in [4.78, 5) is 14.9. The van der Waals surface area contributed by atoms with Gasteiger partial charge in [0, 0.05) is 25.2 Å². The molecule has 2 aromatic rings. The van der Waals surface area contributed by atoms with E-state index < -0.39 is 0 Å². The number of carbonyl (C=O) groups is 1. The monoisotopic (exact) mass is 346 g/mol. The molecule has 1 aliphatic carbocycles. The first kappa shape index (κ1) is 17.0. The lowest BCUT2D eigenvalue weighted by molar-refractivity contribution is 0.0597. The van der Waals surface area contributed by atoms with Gasteiger partial charge in [-0.2, -0.15) is 0 Å². The molecule has 0 saturated carbocycles. The average Bonchev–Trinajstić information content (AvgIpc) is 3.16. The van der Waals surface area contributed by atoms with E-state index in [0.717, 1.165) is 48.2 Å². The van der Waals surface area contributed by atoms with Crippen LogP contribution in [-0.4, -0.2) is 23.9 Å². The van der Waals surface area contributed by atoms with Crippen LogP contribution in [0.3, 0.4) is 0 Å². The third kappa shape index (κ3) is 3.19. The molecule has 0 atom stereocenters. The molecule has 2 N–H and O–H groups in total. The van der Waals surface area contributed by atoms with Crippen molar-refractivity contribution in [3.05, 3.63) is 71.8 Å². The van der Waals surface area contributed by atoms with E-state index in [1.54, 1.807) is 0 Å². The molecule has 1 aliphatic heterocycles. The van der Waals surface area contributed by atoms with E-state index in [0.29, 0.717) is 12.0 Å². The van der Waals surface area contributed by atoms with Crippen molar-refractivity contribution in [3.63, 3.8) is 0 Å². The van der Waals surface area contributed by atoms with Gasteiger partial charge in [-0.1, -0.05) is 48.6 Å². The Bertz CT molecular complexity index is 804. The van der Waals surface area contributed by atoms with Gasteiger partial charge in [-0.15, -0.1) is 0 Å². The molecule has 2 aliphatic rings. The topological polar surface area (TPSA) is 46.3 Å². The first-order valence-electron chi connectivity index (χ1n) is 9.53. The predicted octanol–water partition coefficient (Wildman–Crippen LogP) is 4.38. The Hall–Kier alpha value is -2.39. The molecule has 1 fully saturated rings.